The van der Waals surface area contributed by atoms with Gasteiger partial charge in [-0.05, 0) is 36.6 Å². The van der Waals surface area contributed by atoms with Gasteiger partial charge in [-0.1, -0.05) is 62.2 Å². The van der Waals surface area contributed by atoms with Crippen molar-refractivity contribution in [2.45, 2.75) is 18.2 Å². The van der Waals surface area contributed by atoms with E-state index in [-0.39, 0.29) is 4.83 Å². The maximum Gasteiger partial charge on any atom is 0.123 e. The van der Waals surface area contributed by atoms with Crippen LogP contribution < -0.4 is 4.74 Å². The van der Waals surface area contributed by atoms with E-state index in [0.717, 1.165) is 16.6 Å². The molecule has 0 saturated heterocycles. The molecule has 0 spiro atoms. The zero-order valence-electron chi connectivity index (χ0n) is 11.0. The third kappa shape index (κ3) is 3.61. The lowest BCUT2D eigenvalue weighted by Crippen LogP contribution is -2.00. The summed E-state index contributed by atoms with van der Waals surface area (Å²) < 4.78 is 6.60. The van der Waals surface area contributed by atoms with E-state index >= 15 is 0 Å². The molecule has 0 radical (unpaired) electrons. The highest BCUT2D eigenvalue weighted by molar-refractivity contribution is 9.10. The number of aryl methyl sites for hydroxylation is 1. The van der Waals surface area contributed by atoms with Crippen LogP contribution in [0.2, 0.25) is 0 Å². The molecule has 0 bridgehead atoms. The Morgan fingerprint density at radius 1 is 1.16 bits per heavy atom. The molecule has 1 atom stereocenters. The third-order valence-electron chi connectivity index (χ3n) is 3.11. The van der Waals surface area contributed by atoms with Crippen LogP contribution in [0.3, 0.4) is 0 Å². The zero-order chi connectivity index (χ0) is 13.8. The summed E-state index contributed by atoms with van der Waals surface area (Å²) in [5.74, 6) is 0.929. The summed E-state index contributed by atoms with van der Waals surface area (Å²) >= 11 is 7.36. The van der Waals surface area contributed by atoms with Crippen molar-refractivity contribution < 1.29 is 4.74 Å². The van der Waals surface area contributed by atoms with E-state index in [2.05, 4.69) is 75.2 Å². The maximum atomic E-state index is 5.49. The van der Waals surface area contributed by atoms with Crippen molar-refractivity contribution in [3.05, 3.63) is 63.6 Å². The van der Waals surface area contributed by atoms with Crippen molar-refractivity contribution in [2.24, 2.45) is 0 Å². The Hall–Kier alpha value is -0.800. The number of methoxy groups -OCH3 is 1. The summed E-state index contributed by atoms with van der Waals surface area (Å²) in [6.07, 6.45) is 0.937. The van der Waals surface area contributed by atoms with Crippen LogP contribution in [0.25, 0.3) is 0 Å². The Morgan fingerprint density at radius 2 is 1.84 bits per heavy atom. The molecule has 2 aromatic rings. The minimum absolute atomic E-state index is 0.238. The molecule has 2 rings (SSSR count). The van der Waals surface area contributed by atoms with Crippen molar-refractivity contribution in [1.82, 2.24) is 0 Å². The molecule has 0 aliphatic rings. The van der Waals surface area contributed by atoms with Gasteiger partial charge in [0, 0.05) is 14.9 Å². The van der Waals surface area contributed by atoms with Gasteiger partial charge < -0.3 is 4.74 Å². The average molecular weight is 384 g/mol. The first-order valence-corrected chi connectivity index (χ1v) is 7.84. The summed E-state index contributed by atoms with van der Waals surface area (Å²) in [6.45, 7) is 2.07. The molecule has 2 aromatic carbocycles. The summed E-state index contributed by atoms with van der Waals surface area (Å²) in [7, 11) is 1.72. The Balaban J connectivity index is 2.28. The molecule has 1 unspecified atom stereocenters. The molecule has 100 valence electrons. The first-order valence-electron chi connectivity index (χ1n) is 6.14. The smallest absolute Gasteiger partial charge is 0.123 e. The van der Waals surface area contributed by atoms with Crippen LogP contribution >= 0.6 is 31.9 Å². The quantitative estimate of drug-likeness (QED) is 0.638. The lowest BCUT2D eigenvalue weighted by Gasteiger charge is -2.16. The van der Waals surface area contributed by atoms with Crippen molar-refractivity contribution in [2.75, 3.05) is 7.11 Å². The number of benzene rings is 2. The predicted molar refractivity (Wildman–Crippen MR) is 87.2 cm³/mol. The van der Waals surface area contributed by atoms with E-state index in [0.29, 0.717) is 0 Å². The molecule has 0 aromatic heterocycles. The molecule has 0 N–H and O–H groups in total. The van der Waals surface area contributed by atoms with Crippen LogP contribution in [0.1, 0.15) is 21.5 Å². The SMILES string of the molecule is COc1cc(C)c(Br)cc1C(Br)Cc1ccccc1. The highest BCUT2D eigenvalue weighted by Gasteiger charge is 2.15. The maximum absolute atomic E-state index is 5.49. The van der Waals surface area contributed by atoms with Crippen molar-refractivity contribution in [3.8, 4) is 5.75 Å². The van der Waals surface area contributed by atoms with Gasteiger partial charge >= 0.3 is 0 Å². The van der Waals surface area contributed by atoms with E-state index in [9.17, 15) is 0 Å². The van der Waals surface area contributed by atoms with Gasteiger partial charge in [-0.3, -0.25) is 0 Å². The molecule has 0 amide bonds. The van der Waals surface area contributed by atoms with Crippen LogP contribution in [0.5, 0.6) is 5.75 Å². The van der Waals surface area contributed by atoms with Gasteiger partial charge in [-0.15, -0.1) is 0 Å². The van der Waals surface area contributed by atoms with E-state index in [4.69, 9.17) is 4.74 Å². The van der Waals surface area contributed by atoms with Gasteiger partial charge in [-0.25, -0.2) is 0 Å². The van der Waals surface area contributed by atoms with Crippen molar-refractivity contribution >= 4 is 31.9 Å². The van der Waals surface area contributed by atoms with Crippen LogP contribution in [-0.2, 0) is 6.42 Å². The zero-order valence-corrected chi connectivity index (χ0v) is 14.2. The number of alkyl halides is 1. The summed E-state index contributed by atoms with van der Waals surface area (Å²) in [4.78, 5) is 0.238. The average Bonchev–Trinajstić information content (AvgIpc) is 2.42. The largest absolute Gasteiger partial charge is 0.496 e. The molecule has 19 heavy (non-hydrogen) atoms. The van der Waals surface area contributed by atoms with Gasteiger partial charge in [0.2, 0.25) is 0 Å². The van der Waals surface area contributed by atoms with Gasteiger partial charge in [0.15, 0.2) is 0 Å². The van der Waals surface area contributed by atoms with Crippen LogP contribution in [0, 0.1) is 6.92 Å². The second kappa shape index (κ2) is 6.58. The lowest BCUT2D eigenvalue weighted by atomic mass is 10.0. The standard InChI is InChI=1S/C16H16Br2O/c1-11-8-16(19-2)13(10-14(11)17)15(18)9-12-6-4-3-5-7-12/h3-8,10,15H,9H2,1-2H3. The molecular formula is C16H16Br2O. The van der Waals surface area contributed by atoms with E-state index in [1.165, 1.54) is 16.7 Å². The normalized spacial score (nSPS) is 12.2. The van der Waals surface area contributed by atoms with Crippen LogP contribution in [-0.4, -0.2) is 7.11 Å². The summed E-state index contributed by atoms with van der Waals surface area (Å²) in [5, 5.41) is 0. The van der Waals surface area contributed by atoms with Crippen molar-refractivity contribution in [1.29, 1.82) is 0 Å². The molecule has 0 saturated carbocycles. The number of hydrogen-bond donors (Lipinski definition) is 0. The monoisotopic (exact) mass is 382 g/mol. The fourth-order valence-electron chi connectivity index (χ4n) is 2.02. The molecule has 3 heteroatoms. The third-order valence-corrected chi connectivity index (χ3v) is 4.78. The topological polar surface area (TPSA) is 9.23 Å². The first kappa shape index (κ1) is 14.6. The van der Waals surface area contributed by atoms with Gasteiger partial charge in [-0.2, -0.15) is 0 Å². The summed E-state index contributed by atoms with van der Waals surface area (Å²) in [5.41, 5.74) is 3.66. The van der Waals surface area contributed by atoms with Crippen LogP contribution in [0.15, 0.2) is 46.9 Å². The Bertz CT molecular complexity index is 552. The first-order chi connectivity index (χ1) is 9.11. The molecule has 1 nitrogen and oxygen atoms in total. The van der Waals surface area contributed by atoms with Crippen LogP contribution in [0.4, 0.5) is 0 Å². The Labute approximate surface area is 131 Å². The second-order valence-electron chi connectivity index (χ2n) is 4.50. The van der Waals surface area contributed by atoms with Gasteiger partial charge in [0.05, 0.1) is 7.11 Å². The predicted octanol–water partition coefficient (Wildman–Crippen LogP) is 5.44. The number of hydrogen-bond acceptors (Lipinski definition) is 1. The highest BCUT2D eigenvalue weighted by atomic mass is 79.9. The molecular weight excluding hydrogens is 368 g/mol. The highest BCUT2D eigenvalue weighted by Crippen LogP contribution is 2.37. The fraction of sp³-hybridized carbons (Fsp3) is 0.250. The number of halogens is 2. The van der Waals surface area contributed by atoms with Gasteiger partial charge in [0.1, 0.15) is 5.75 Å². The Kier molecular flexibility index (Phi) is 5.06. The van der Waals surface area contributed by atoms with Crippen molar-refractivity contribution in [3.63, 3.8) is 0 Å². The minimum Gasteiger partial charge on any atom is -0.496 e. The molecule has 0 fully saturated rings. The van der Waals surface area contributed by atoms with Gasteiger partial charge in [0.25, 0.3) is 0 Å². The fourth-order valence-corrected chi connectivity index (χ4v) is 3.12. The van der Waals surface area contributed by atoms with E-state index in [1.807, 2.05) is 6.07 Å². The van der Waals surface area contributed by atoms with E-state index < -0.39 is 0 Å². The lowest BCUT2D eigenvalue weighted by molar-refractivity contribution is 0.409. The molecule has 0 aliphatic carbocycles. The number of rotatable bonds is 4. The molecule has 0 heterocycles. The second-order valence-corrected chi connectivity index (χ2v) is 6.46. The summed E-state index contributed by atoms with van der Waals surface area (Å²) in [6, 6.07) is 14.7. The number of ether oxygens (including phenoxy) is 1. The molecule has 0 aliphatic heterocycles. The van der Waals surface area contributed by atoms with E-state index in [1.54, 1.807) is 7.11 Å². The minimum atomic E-state index is 0.238. The Morgan fingerprint density at radius 3 is 2.47 bits per heavy atom.